The number of benzene rings is 1. The molecule has 0 bridgehead atoms. The van der Waals surface area contributed by atoms with Crippen molar-refractivity contribution in [2.45, 2.75) is 38.2 Å². The van der Waals surface area contributed by atoms with Gasteiger partial charge in [-0.15, -0.1) is 0 Å². The second kappa shape index (κ2) is 6.50. The van der Waals surface area contributed by atoms with Crippen LogP contribution in [-0.2, 0) is 10.0 Å². The molecule has 1 atom stereocenters. The summed E-state index contributed by atoms with van der Waals surface area (Å²) in [5.41, 5.74) is 0.805. The fourth-order valence-electron chi connectivity index (χ4n) is 2.21. The van der Waals surface area contributed by atoms with Gasteiger partial charge in [-0.3, -0.25) is 4.31 Å². The van der Waals surface area contributed by atoms with E-state index in [-0.39, 0.29) is 17.2 Å². The van der Waals surface area contributed by atoms with Gasteiger partial charge in [-0.05, 0) is 32.4 Å². The van der Waals surface area contributed by atoms with Crippen LogP contribution in [0.3, 0.4) is 0 Å². The SMILES string of the molecule is CC[C@H](O)CN(c1ccccc1)S(=O)(=O)c1c(C)noc1C. The molecule has 2 rings (SSSR count). The molecule has 0 fully saturated rings. The summed E-state index contributed by atoms with van der Waals surface area (Å²) in [6, 6.07) is 8.70. The van der Waals surface area contributed by atoms with Crippen molar-refractivity contribution in [3.05, 3.63) is 41.8 Å². The molecule has 0 saturated heterocycles. The Morgan fingerprint density at radius 2 is 1.91 bits per heavy atom. The van der Waals surface area contributed by atoms with E-state index in [9.17, 15) is 13.5 Å². The van der Waals surface area contributed by atoms with Crippen LogP contribution in [0.5, 0.6) is 0 Å². The molecular weight excluding hydrogens is 304 g/mol. The molecule has 1 aromatic carbocycles. The number of sulfonamides is 1. The van der Waals surface area contributed by atoms with Crippen LogP contribution in [0.1, 0.15) is 24.8 Å². The molecule has 1 N–H and O–H groups in total. The summed E-state index contributed by atoms with van der Waals surface area (Å²) >= 11 is 0. The van der Waals surface area contributed by atoms with Crippen LogP contribution in [0.15, 0.2) is 39.8 Å². The zero-order valence-electron chi connectivity index (χ0n) is 12.9. The summed E-state index contributed by atoms with van der Waals surface area (Å²) in [6.45, 7) is 4.93. The number of nitrogens with zero attached hydrogens (tertiary/aromatic N) is 2. The van der Waals surface area contributed by atoms with Gasteiger partial charge in [-0.2, -0.15) is 0 Å². The lowest BCUT2D eigenvalue weighted by Crippen LogP contribution is -2.37. The Hall–Kier alpha value is -1.86. The third-order valence-electron chi connectivity index (χ3n) is 3.41. The molecule has 0 amide bonds. The quantitative estimate of drug-likeness (QED) is 0.881. The number of rotatable bonds is 6. The Kier molecular flexibility index (Phi) is 4.87. The Morgan fingerprint density at radius 3 is 2.41 bits per heavy atom. The first-order chi connectivity index (χ1) is 10.4. The summed E-state index contributed by atoms with van der Waals surface area (Å²) in [5, 5.41) is 13.7. The second-order valence-corrected chi connectivity index (χ2v) is 6.89. The van der Waals surface area contributed by atoms with E-state index in [0.29, 0.717) is 17.8 Å². The van der Waals surface area contributed by atoms with Crippen molar-refractivity contribution in [2.75, 3.05) is 10.8 Å². The molecule has 1 heterocycles. The first kappa shape index (κ1) is 16.5. The number of aliphatic hydroxyl groups excluding tert-OH is 1. The summed E-state index contributed by atoms with van der Waals surface area (Å²) in [5.74, 6) is 0.240. The molecule has 0 aliphatic heterocycles. The summed E-state index contributed by atoms with van der Waals surface area (Å²) < 4.78 is 32.2. The van der Waals surface area contributed by atoms with Crippen LogP contribution in [0.2, 0.25) is 0 Å². The van der Waals surface area contributed by atoms with Crippen molar-refractivity contribution in [3.63, 3.8) is 0 Å². The predicted octanol–water partition coefficient (Wildman–Crippen LogP) is 2.26. The Morgan fingerprint density at radius 1 is 1.27 bits per heavy atom. The van der Waals surface area contributed by atoms with Gasteiger partial charge in [0.1, 0.15) is 5.69 Å². The number of para-hydroxylation sites is 1. The average molecular weight is 324 g/mol. The van der Waals surface area contributed by atoms with Crippen molar-refractivity contribution in [1.82, 2.24) is 5.16 Å². The highest BCUT2D eigenvalue weighted by atomic mass is 32.2. The number of hydrogen-bond acceptors (Lipinski definition) is 5. The van der Waals surface area contributed by atoms with Crippen LogP contribution in [0, 0.1) is 13.8 Å². The van der Waals surface area contributed by atoms with Gasteiger partial charge in [0.15, 0.2) is 10.7 Å². The molecule has 2 aromatic rings. The molecule has 0 aliphatic rings. The molecule has 120 valence electrons. The van der Waals surface area contributed by atoms with E-state index in [1.807, 2.05) is 0 Å². The average Bonchev–Trinajstić information content (AvgIpc) is 2.84. The minimum atomic E-state index is -3.86. The number of anilines is 1. The van der Waals surface area contributed by atoms with E-state index in [2.05, 4.69) is 5.16 Å². The van der Waals surface area contributed by atoms with Gasteiger partial charge in [0.25, 0.3) is 10.0 Å². The fraction of sp³-hybridized carbons (Fsp3) is 0.400. The largest absolute Gasteiger partial charge is 0.391 e. The van der Waals surface area contributed by atoms with Gasteiger partial charge in [0, 0.05) is 0 Å². The van der Waals surface area contributed by atoms with Crippen molar-refractivity contribution in [1.29, 1.82) is 0 Å². The van der Waals surface area contributed by atoms with Crippen LogP contribution in [0.4, 0.5) is 5.69 Å². The molecule has 7 heteroatoms. The van der Waals surface area contributed by atoms with Gasteiger partial charge in [0.2, 0.25) is 0 Å². The third-order valence-corrected chi connectivity index (χ3v) is 5.45. The minimum absolute atomic E-state index is 0.0209. The molecule has 0 aliphatic carbocycles. The monoisotopic (exact) mass is 324 g/mol. The third kappa shape index (κ3) is 3.15. The molecule has 0 unspecified atom stereocenters. The van der Waals surface area contributed by atoms with Crippen LogP contribution in [-0.4, -0.2) is 31.3 Å². The lowest BCUT2D eigenvalue weighted by molar-refractivity contribution is 0.179. The highest BCUT2D eigenvalue weighted by Gasteiger charge is 2.32. The molecule has 0 radical (unpaired) electrons. The molecule has 6 nitrogen and oxygen atoms in total. The van der Waals surface area contributed by atoms with Crippen molar-refractivity contribution < 1.29 is 18.0 Å². The Bertz CT molecular complexity index is 706. The molecule has 1 aromatic heterocycles. The van der Waals surface area contributed by atoms with Gasteiger partial charge in [-0.25, -0.2) is 8.42 Å². The summed E-state index contributed by atoms with van der Waals surface area (Å²) in [4.78, 5) is 0.0552. The van der Waals surface area contributed by atoms with Crippen molar-refractivity contribution >= 4 is 15.7 Å². The number of aryl methyl sites for hydroxylation is 2. The Labute approximate surface area is 130 Å². The first-order valence-corrected chi connectivity index (χ1v) is 8.50. The summed E-state index contributed by atoms with van der Waals surface area (Å²) in [6.07, 6.45) is -0.295. The molecular formula is C15H20N2O4S. The zero-order chi connectivity index (χ0) is 16.3. The van der Waals surface area contributed by atoms with E-state index in [0.717, 1.165) is 0 Å². The maximum absolute atomic E-state index is 13.0. The number of aromatic nitrogens is 1. The maximum Gasteiger partial charge on any atom is 0.269 e. The van der Waals surface area contributed by atoms with Crippen LogP contribution < -0.4 is 4.31 Å². The first-order valence-electron chi connectivity index (χ1n) is 7.06. The maximum atomic E-state index is 13.0. The smallest absolute Gasteiger partial charge is 0.269 e. The minimum Gasteiger partial charge on any atom is -0.391 e. The predicted molar refractivity (Wildman–Crippen MR) is 83.2 cm³/mol. The van der Waals surface area contributed by atoms with Crippen molar-refractivity contribution in [3.8, 4) is 0 Å². The lowest BCUT2D eigenvalue weighted by atomic mass is 10.2. The van der Waals surface area contributed by atoms with E-state index < -0.39 is 16.1 Å². The normalized spacial score (nSPS) is 13.1. The van der Waals surface area contributed by atoms with Gasteiger partial charge in [0.05, 0.1) is 18.3 Å². The molecule has 22 heavy (non-hydrogen) atoms. The van der Waals surface area contributed by atoms with Gasteiger partial charge in [-0.1, -0.05) is 30.3 Å². The highest BCUT2D eigenvalue weighted by molar-refractivity contribution is 7.93. The second-order valence-electron chi connectivity index (χ2n) is 5.09. The zero-order valence-corrected chi connectivity index (χ0v) is 13.7. The number of hydrogen-bond donors (Lipinski definition) is 1. The highest BCUT2D eigenvalue weighted by Crippen LogP contribution is 2.28. The molecule has 0 saturated carbocycles. The van der Waals surface area contributed by atoms with E-state index in [4.69, 9.17) is 4.52 Å². The lowest BCUT2D eigenvalue weighted by Gasteiger charge is -2.26. The van der Waals surface area contributed by atoms with Crippen LogP contribution >= 0.6 is 0 Å². The van der Waals surface area contributed by atoms with Gasteiger partial charge < -0.3 is 9.63 Å². The van der Waals surface area contributed by atoms with Crippen molar-refractivity contribution in [2.24, 2.45) is 0 Å². The fourth-order valence-corrected chi connectivity index (χ4v) is 4.01. The topological polar surface area (TPSA) is 83.6 Å². The molecule has 0 spiro atoms. The Balaban J connectivity index is 2.53. The number of aliphatic hydroxyl groups is 1. The summed E-state index contributed by atoms with van der Waals surface area (Å²) in [7, 11) is -3.86. The van der Waals surface area contributed by atoms with Crippen LogP contribution in [0.25, 0.3) is 0 Å². The standard InChI is InChI=1S/C15H20N2O4S/c1-4-14(18)10-17(13-8-6-5-7-9-13)22(19,20)15-11(2)16-21-12(15)3/h5-9,14,18H,4,10H2,1-3H3/t14-/m0/s1. The van der Waals surface area contributed by atoms with E-state index >= 15 is 0 Å². The van der Waals surface area contributed by atoms with E-state index in [1.165, 1.54) is 4.31 Å². The van der Waals surface area contributed by atoms with Gasteiger partial charge >= 0.3 is 0 Å². The van der Waals surface area contributed by atoms with E-state index in [1.54, 1.807) is 51.1 Å².